The maximum atomic E-state index is 11.8. The molecule has 0 aromatic heterocycles. The van der Waals surface area contributed by atoms with Crippen molar-refractivity contribution in [2.75, 3.05) is 26.4 Å². The molecule has 0 aliphatic heterocycles. The first-order valence-corrected chi connectivity index (χ1v) is 5.78. The van der Waals surface area contributed by atoms with Crippen molar-refractivity contribution < 1.29 is 19.6 Å². The Bertz CT molecular complexity index is 461. The van der Waals surface area contributed by atoms with Gasteiger partial charge in [0.25, 0.3) is 11.6 Å². The van der Waals surface area contributed by atoms with E-state index in [1.54, 1.807) is 0 Å². The molecule has 1 amide bonds. The molecule has 0 heterocycles. The van der Waals surface area contributed by atoms with E-state index < -0.39 is 4.92 Å². The molecule has 0 saturated heterocycles. The van der Waals surface area contributed by atoms with E-state index in [4.69, 9.17) is 9.84 Å². The van der Waals surface area contributed by atoms with Crippen LogP contribution in [0.15, 0.2) is 18.2 Å². The number of aliphatic hydroxyl groups excluding tert-OH is 1. The number of ether oxygens (including phenoxy) is 1. The molecular weight excluding hydrogens is 252 g/mol. The summed E-state index contributed by atoms with van der Waals surface area (Å²) in [5.74, 6) is -0.381. The number of hydrogen-bond acceptors (Lipinski definition) is 5. The average molecular weight is 268 g/mol. The minimum atomic E-state index is -0.517. The van der Waals surface area contributed by atoms with Crippen LogP contribution in [-0.2, 0) is 4.74 Å². The summed E-state index contributed by atoms with van der Waals surface area (Å²) in [6.07, 6.45) is 0. The molecule has 1 aromatic rings. The van der Waals surface area contributed by atoms with Gasteiger partial charge in [0, 0.05) is 23.7 Å². The molecule has 0 bridgehead atoms. The average Bonchev–Trinajstić information content (AvgIpc) is 2.38. The molecule has 0 aliphatic carbocycles. The molecule has 104 valence electrons. The highest BCUT2D eigenvalue weighted by Gasteiger charge is 2.17. The molecule has 0 fully saturated rings. The third-order valence-electron chi connectivity index (χ3n) is 2.51. The molecule has 19 heavy (non-hydrogen) atoms. The number of benzene rings is 1. The summed E-state index contributed by atoms with van der Waals surface area (Å²) in [7, 11) is 0. The number of amides is 1. The summed E-state index contributed by atoms with van der Waals surface area (Å²) in [6.45, 7) is 2.24. The second kappa shape index (κ2) is 7.45. The van der Waals surface area contributed by atoms with Gasteiger partial charge in [-0.1, -0.05) is 6.07 Å². The first kappa shape index (κ1) is 15.1. The molecule has 1 rings (SSSR count). The second-order valence-electron chi connectivity index (χ2n) is 3.80. The van der Waals surface area contributed by atoms with Crippen molar-refractivity contribution in [3.63, 3.8) is 0 Å². The Labute approximate surface area is 110 Å². The quantitative estimate of drug-likeness (QED) is 0.429. The number of nitro groups is 1. The largest absolute Gasteiger partial charge is 0.394 e. The maximum Gasteiger partial charge on any atom is 0.273 e. The van der Waals surface area contributed by atoms with E-state index in [9.17, 15) is 14.9 Å². The fourth-order valence-corrected chi connectivity index (χ4v) is 1.57. The first-order valence-electron chi connectivity index (χ1n) is 5.78. The standard InChI is InChI=1S/C12H16N2O5/c1-9-10(3-2-4-11(9)14(17)18)12(16)13-5-7-19-8-6-15/h2-4,15H,5-8H2,1H3,(H,13,16). The van der Waals surface area contributed by atoms with Crippen LogP contribution in [0.4, 0.5) is 5.69 Å². The van der Waals surface area contributed by atoms with Crippen LogP contribution in [0, 0.1) is 17.0 Å². The summed E-state index contributed by atoms with van der Waals surface area (Å²) in [5, 5.41) is 21.9. The van der Waals surface area contributed by atoms with Gasteiger partial charge in [-0.15, -0.1) is 0 Å². The minimum Gasteiger partial charge on any atom is -0.394 e. The van der Waals surface area contributed by atoms with Crippen molar-refractivity contribution >= 4 is 11.6 Å². The van der Waals surface area contributed by atoms with Crippen molar-refractivity contribution in [1.82, 2.24) is 5.32 Å². The molecule has 7 nitrogen and oxygen atoms in total. The van der Waals surface area contributed by atoms with Gasteiger partial charge in [0.05, 0.1) is 24.7 Å². The van der Waals surface area contributed by atoms with Crippen LogP contribution in [0.25, 0.3) is 0 Å². The molecule has 0 atom stereocenters. The van der Waals surface area contributed by atoms with Gasteiger partial charge in [0.1, 0.15) is 0 Å². The lowest BCUT2D eigenvalue weighted by molar-refractivity contribution is -0.385. The van der Waals surface area contributed by atoms with Crippen LogP contribution >= 0.6 is 0 Å². The Balaban J connectivity index is 2.62. The third-order valence-corrected chi connectivity index (χ3v) is 2.51. The van der Waals surface area contributed by atoms with E-state index in [-0.39, 0.29) is 43.5 Å². The molecule has 2 N–H and O–H groups in total. The van der Waals surface area contributed by atoms with Gasteiger partial charge in [-0.3, -0.25) is 14.9 Å². The number of carbonyl (C=O) groups is 1. The molecule has 0 spiro atoms. The van der Waals surface area contributed by atoms with E-state index in [1.807, 2.05) is 0 Å². The van der Waals surface area contributed by atoms with Crippen LogP contribution in [0.1, 0.15) is 15.9 Å². The van der Waals surface area contributed by atoms with Gasteiger partial charge >= 0.3 is 0 Å². The van der Waals surface area contributed by atoms with Crippen LogP contribution in [0.3, 0.4) is 0 Å². The number of rotatable bonds is 7. The second-order valence-corrected chi connectivity index (χ2v) is 3.80. The van der Waals surface area contributed by atoms with E-state index >= 15 is 0 Å². The van der Waals surface area contributed by atoms with Gasteiger partial charge < -0.3 is 15.2 Å². The first-order chi connectivity index (χ1) is 9.07. The zero-order valence-corrected chi connectivity index (χ0v) is 10.6. The predicted octanol–water partition coefficient (Wildman–Crippen LogP) is 0.642. The van der Waals surface area contributed by atoms with E-state index in [0.717, 1.165) is 0 Å². The smallest absolute Gasteiger partial charge is 0.273 e. The number of aliphatic hydroxyl groups is 1. The van der Waals surface area contributed by atoms with Crippen LogP contribution in [-0.4, -0.2) is 42.3 Å². The highest BCUT2D eigenvalue weighted by Crippen LogP contribution is 2.20. The number of hydrogen-bond donors (Lipinski definition) is 2. The van der Waals surface area contributed by atoms with Crippen molar-refractivity contribution in [3.05, 3.63) is 39.4 Å². The van der Waals surface area contributed by atoms with Gasteiger partial charge in [0.15, 0.2) is 0 Å². The van der Waals surface area contributed by atoms with E-state index in [2.05, 4.69) is 5.32 Å². The molecule has 1 aromatic carbocycles. The van der Waals surface area contributed by atoms with Crippen molar-refractivity contribution in [1.29, 1.82) is 0 Å². The summed E-state index contributed by atoms with van der Waals surface area (Å²) in [6, 6.07) is 4.37. The fourth-order valence-electron chi connectivity index (χ4n) is 1.57. The van der Waals surface area contributed by atoms with Gasteiger partial charge in [-0.05, 0) is 13.0 Å². The molecular formula is C12H16N2O5. The van der Waals surface area contributed by atoms with E-state index in [0.29, 0.717) is 5.56 Å². The fraction of sp³-hybridized carbons (Fsp3) is 0.417. The third kappa shape index (κ3) is 4.31. The van der Waals surface area contributed by atoms with Crippen molar-refractivity contribution in [2.24, 2.45) is 0 Å². The summed E-state index contributed by atoms with van der Waals surface area (Å²) in [5.41, 5.74) is 0.529. The lowest BCUT2D eigenvalue weighted by Gasteiger charge is -2.08. The zero-order chi connectivity index (χ0) is 14.3. The Kier molecular flexibility index (Phi) is 5.91. The SMILES string of the molecule is Cc1c(C(=O)NCCOCCO)cccc1[N+](=O)[O-]. The van der Waals surface area contributed by atoms with Crippen LogP contribution < -0.4 is 5.32 Å². The maximum absolute atomic E-state index is 11.8. The molecule has 0 unspecified atom stereocenters. The molecule has 7 heteroatoms. The topological polar surface area (TPSA) is 102 Å². The number of nitrogens with one attached hydrogen (secondary N) is 1. The van der Waals surface area contributed by atoms with E-state index in [1.165, 1.54) is 25.1 Å². The minimum absolute atomic E-state index is 0.0715. The molecule has 0 radical (unpaired) electrons. The van der Waals surface area contributed by atoms with Gasteiger partial charge in [0.2, 0.25) is 0 Å². The Morgan fingerprint density at radius 2 is 2.21 bits per heavy atom. The summed E-state index contributed by atoms with van der Waals surface area (Å²) < 4.78 is 4.99. The summed E-state index contributed by atoms with van der Waals surface area (Å²) in [4.78, 5) is 22.1. The highest BCUT2D eigenvalue weighted by atomic mass is 16.6. The highest BCUT2D eigenvalue weighted by molar-refractivity contribution is 5.96. The predicted molar refractivity (Wildman–Crippen MR) is 68.1 cm³/mol. The summed E-state index contributed by atoms with van der Waals surface area (Å²) >= 11 is 0. The lowest BCUT2D eigenvalue weighted by Crippen LogP contribution is -2.28. The van der Waals surface area contributed by atoms with Crippen LogP contribution in [0.2, 0.25) is 0 Å². The lowest BCUT2D eigenvalue weighted by atomic mass is 10.1. The zero-order valence-electron chi connectivity index (χ0n) is 10.6. The Morgan fingerprint density at radius 1 is 1.47 bits per heavy atom. The molecule has 0 aliphatic rings. The van der Waals surface area contributed by atoms with Gasteiger partial charge in [-0.25, -0.2) is 0 Å². The Morgan fingerprint density at radius 3 is 2.84 bits per heavy atom. The van der Waals surface area contributed by atoms with Crippen molar-refractivity contribution in [2.45, 2.75) is 6.92 Å². The van der Waals surface area contributed by atoms with Crippen LogP contribution in [0.5, 0.6) is 0 Å². The number of nitro benzene ring substituents is 1. The van der Waals surface area contributed by atoms with Gasteiger partial charge in [-0.2, -0.15) is 0 Å². The Hall–Kier alpha value is -1.99. The van der Waals surface area contributed by atoms with Crippen molar-refractivity contribution in [3.8, 4) is 0 Å². The molecule has 0 saturated carbocycles. The monoisotopic (exact) mass is 268 g/mol. The normalized spacial score (nSPS) is 10.2. The number of carbonyl (C=O) groups excluding carboxylic acids is 1. The number of nitrogens with zero attached hydrogens (tertiary/aromatic N) is 1.